The predicted octanol–water partition coefficient (Wildman–Crippen LogP) is 1.69. The molecule has 0 aliphatic heterocycles. The standard InChI is InChI=1S/C13H22N4O2/c1-4-5-6-7-14-11-8-12(16-10-15-11)17(2)9-13(18)19-3/h8,10H,4-7,9H2,1-3H3,(H,14,15,16). The first kappa shape index (κ1) is 15.2. The minimum atomic E-state index is -0.293. The summed E-state index contributed by atoms with van der Waals surface area (Å²) in [4.78, 5) is 21.2. The van der Waals surface area contributed by atoms with E-state index in [1.165, 1.54) is 26.3 Å². The van der Waals surface area contributed by atoms with Gasteiger partial charge in [-0.2, -0.15) is 0 Å². The third-order valence-electron chi connectivity index (χ3n) is 2.72. The fraction of sp³-hybridized carbons (Fsp3) is 0.615. The molecular formula is C13H22N4O2. The SMILES string of the molecule is CCCCCNc1cc(N(C)CC(=O)OC)ncn1. The average molecular weight is 266 g/mol. The van der Waals surface area contributed by atoms with Crippen molar-refractivity contribution in [2.45, 2.75) is 26.2 Å². The Kier molecular flexibility index (Phi) is 6.63. The normalized spacial score (nSPS) is 10.1. The summed E-state index contributed by atoms with van der Waals surface area (Å²) in [5.74, 6) is 1.18. The molecule has 6 heteroatoms. The van der Waals surface area contributed by atoms with Gasteiger partial charge in [0, 0.05) is 19.7 Å². The Balaban J connectivity index is 2.53. The lowest BCUT2D eigenvalue weighted by molar-refractivity contribution is -0.138. The fourth-order valence-electron chi connectivity index (χ4n) is 1.58. The summed E-state index contributed by atoms with van der Waals surface area (Å²) in [5.41, 5.74) is 0. The third kappa shape index (κ3) is 5.54. The number of aromatic nitrogens is 2. The number of esters is 1. The van der Waals surface area contributed by atoms with Gasteiger partial charge in [-0.25, -0.2) is 9.97 Å². The van der Waals surface area contributed by atoms with E-state index in [0.717, 1.165) is 18.8 Å². The molecule has 6 nitrogen and oxygen atoms in total. The molecule has 0 spiro atoms. The zero-order valence-corrected chi connectivity index (χ0v) is 11.8. The first-order valence-electron chi connectivity index (χ1n) is 6.51. The van der Waals surface area contributed by atoms with Crippen molar-refractivity contribution in [1.29, 1.82) is 0 Å². The van der Waals surface area contributed by atoms with Gasteiger partial charge in [-0.3, -0.25) is 4.79 Å². The first-order valence-corrected chi connectivity index (χ1v) is 6.51. The van der Waals surface area contributed by atoms with Crippen LogP contribution in [0.1, 0.15) is 26.2 Å². The number of methoxy groups -OCH3 is 1. The molecule has 1 heterocycles. The van der Waals surface area contributed by atoms with Crippen LogP contribution in [-0.2, 0) is 9.53 Å². The zero-order chi connectivity index (χ0) is 14.1. The molecule has 0 radical (unpaired) electrons. The maximum absolute atomic E-state index is 11.2. The molecule has 0 saturated carbocycles. The van der Waals surface area contributed by atoms with Gasteiger partial charge in [0.15, 0.2) is 0 Å². The molecule has 0 aliphatic rings. The Morgan fingerprint density at radius 2 is 2.21 bits per heavy atom. The van der Waals surface area contributed by atoms with Crippen molar-refractivity contribution < 1.29 is 9.53 Å². The van der Waals surface area contributed by atoms with Crippen molar-refractivity contribution in [2.24, 2.45) is 0 Å². The molecule has 0 amide bonds. The van der Waals surface area contributed by atoms with Gasteiger partial charge in [0.05, 0.1) is 7.11 Å². The van der Waals surface area contributed by atoms with Crippen LogP contribution in [0.4, 0.5) is 11.6 Å². The molecule has 1 N–H and O–H groups in total. The molecule has 0 atom stereocenters. The molecule has 1 rings (SSSR count). The highest BCUT2D eigenvalue weighted by molar-refractivity contribution is 5.75. The Morgan fingerprint density at radius 1 is 1.42 bits per heavy atom. The summed E-state index contributed by atoms with van der Waals surface area (Å²) in [6, 6.07) is 1.83. The highest BCUT2D eigenvalue weighted by Crippen LogP contribution is 2.12. The van der Waals surface area contributed by atoms with Crippen LogP contribution < -0.4 is 10.2 Å². The maximum atomic E-state index is 11.2. The van der Waals surface area contributed by atoms with Crippen LogP contribution >= 0.6 is 0 Å². The molecule has 0 saturated heterocycles. The first-order chi connectivity index (χ1) is 9.17. The molecule has 0 unspecified atom stereocenters. The van der Waals surface area contributed by atoms with Crippen molar-refractivity contribution in [3.63, 3.8) is 0 Å². The van der Waals surface area contributed by atoms with Gasteiger partial charge in [-0.15, -0.1) is 0 Å². The number of nitrogens with zero attached hydrogens (tertiary/aromatic N) is 3. The van der Waals surface area contributed by atoms with Gasteiger partial charge in [0.2, 0.25) is 0 Å². The van der Waals surface area contributed by atoms with E-state index >= 15 is 0 Å². The Labute approximate surface area is 114 Å². The molecule has 1 aromatic heterocycles. The number of likely N-dealkylation sites (N-methyl/N-ethyl adjacent to an activating group) is 1. The van der Waals surface area contributed by atoms with Crippen molar-refractivity contribution in [1.82, 2.24) is 9.97 Å². The van der Waals surface area contributed by atoms with Gasteiger partial charge in [0.25, 0.3) is 0 Å². The number of unbranched alkanes of at least 4 members (excludes halogenated alkanes) is 2. The number of rotatable bonds is 8. The topological polar surface area (TPSA) is 67.4 Å². The number of nitrogens with one attached hydrogen (secondary N) is 1. The maximum Gasteiger partial charge on any atom is 0.325 e. The smallest absolute Gasteiger partial charge is 0.325 e. The minimum absolute atomic E-state index is 0.169. The Hall–Kier alpha value is -1.85. The van der Waals surface area contributed by atoms with Crippen molar-refractivity contribution >= 4 is 17.6 Å². The van der Waals surface area contributed by atoms with E-state index in [0.29, 0.717) is 5.82 Å². The van der Waals surface area contributed by atoms with Crippen molar-refractivity contribution in [3.8, 4) is 0 Å². The summed E-state index contributed by atoms with van der Waals surface area (Å²) in [7, 11) is 3.16. The lowest BCUT2D eigenvalue weighted by Gasteiger charge is -2.17. The van der Waals surface area contributed by atoms with Crippen LogP contribution in [-0.4, -0.2) is 43.2 Å². The fourth-order valence-corrected chi connectivity index (χ4v) is 1.58. The van der Waals surface area contributed by atoms with Gasteiger partial charge in [0.1, 0.15) is 24.5 Å². The third-order valence-corrected chi connectivity index (χ3v) is 2.72. The van der Waals surface area contributed by atoms with E-state index < -0.39 is 0 Å². The quantitative estimate of drug-likeness (QED) is 0.570. The predicted molar refractivity (Wildman–Crippen MR) is 75.3 cm³/mol. The molecular weight excluding hydrogens is 244 g/mol. The van der Waals surface area contributed by atoms with E-state index in [1.807, 2.05) is 6.07 Å². The van der Waals surface area contributed by atoms with Gasteiger partial charge in [-0.05, 0) is 6.42 Å². The largest absolute Gasteiger partial charge is 0.468 e. The second kappa shape index (κ2) is 8.29. The van der Waals surface area contributed by atoms with Crippen LogP contribution in [0.15, 0.2) is 12.4 Å². The second-order valence-corrected chi connectivity index (χ2v) is 4.33. The second-order valence-electron chi connectivity index (χ2n) is 4.33. The highest BCUT2D eigenvalue weighted by Gasteiger charge is 2.09. The van der Waals surface area contributed by atoms with E-state index in [-0.39, 0.29) is 12.5 Å². The molecule has 0 aromatic carbocycles. The summed E-state index contributed by atoms with van der Waals surface area (Å²) in [5, 5.41) is 3.25. The van der Waals surface area contributed by atoms with Crippen LogP contribution in [0, 0.1) is 0 Å². The van der Waals surface area contributed by atoms with E-state index in [4.69, 9.17) is 0 Å². The van der Waals surface area contributed by atoms with Crippen molar-refractivity contribution in [3.05, 3.63) is 12.4 Å². The number of hydrogen-bond donors (Lipinski definition) is 1. The summed E-state index contributed by atoms with van der Waals surface area (Å²) >= 11 is 0. The van der Waals surface area contributed by atoms with E-state index in [1.54, 1.807) is 11.9 Å². The van der Waals surface area contributed by atoms with Gasteiger partial charge in [-0.1, -0.05) is 19.8 Å². The lowest BCUT2D eigenvalue weighted by atomic mass is 10.2. The van der Waals surface area contributed by atoms with Crippen molar-refractivity contribution in [2.75, 3.05) is 37.5 Å². The molecule has 19 heavy (non-hydrogen) atoms. The lowest BCUT2D eigenvalue weighted by Crippen LogP contribution is -2.27. The van der Waals surface area contributed by atoms with Crippen LogP contribution in [0.2, 0.25) is 0 Å². The summed E-state index contributed by atoms with van der Waals surface area (Å²) in [6.45, 7) is 3.23. The Morgan fingerprint density at radius 3 is 2.89 bits per heavy atom. The summed E-state index contributed by atoms with van der Waals surface area (Å²) < 4.78 is 4.62. The highest BCUT2D eigenvalue weighted by atomic mass is 16.5. The molecule has 1 aromatic rings. The van der Waals surface area contributed by atoms with E-state index in [9.17, 15) is 4.79 Å². The molecule has 0 bridgehead atoms. The van der Waals surface area contributed by atoms with Gasteiger partial charge < -0.3 is 15.0 Å². The van der Waals surface area contributed by atoms with Crippen LogP contribution in [0.3, 0.4) is 0 Å². The number of anilines is 2. The molecule has 0 fully saturated rings. The van der Waals surface area contributed by atoms with E-state index in [2.05, 4.69) is 26.9 Å². The monoisotopic (exact) mass is 266 g/mol. The van der Waals surface area contributed by atoms with Gasteiger partial charge >= 0.3 is 5.97 Å². The number of ether oxygens (including phenoxy) is 1. The molecule has 0 aliphatic carbocycles. The minimum Gasteiger partial charge on any atom is -0.468 e. The Bertz CT molecular complexity index is 398. The zero-order valence-electron chi connectivity index (χ0n) is 11.8. The average Bonchev–Trinajstić information content (AvgIpc) is 2.43. The van der Waals surface area contributed by atoms with Crippen LogP contribution in [0.25, 0.3) is 0 Å². The summed E-state index contributed by atoms with van der Waals surface area (Å²) in [6.07, 6.45) is 5.00. The number of carbonyl (C=O) groups excluding carboxylic acids is 1. The number of hydrogen-bond acceptors (Lipinski definition) is 6. The molecule has 106 valence electrons. The van der Waals surface area contributed by atoms with Crippen LogP contribution in [0.5, 0.6) is 0 Å². The number of carbonyl (C=O) groups is 1.